The highest BCUT2D eigenvalue weighted by atomic mass is 16.2. The second-order valence-corrected chi connectivity index (χ2v) is 5.41. The van der Waals surface area contributed by atoms with Crippen molar-refractivity contribution in [2.24, 2.45) is 0 Å². The minimum atomic E-state index is -0.652. The fourth-order valence-corrected chi connectivity index (χ4v) is 2.79. The summed E-state index contributed by atoms with van der Waals surface area (Å²) in [6, 6.07) is -0.766. The van der Waals surface area contributed by atoms with Crippen LogP contribution in [0.4, 0.5) is 4.79 Å². The number of carbonyl (C=O) groups is 3. The van der Waals surface area contributed by atoms with E-state index in [1.807, 2.05) is 0 Å². The average molecular weight is 267 g/mol. The van der Waals surface area contributed by atoms with Gasteiger partial charge in [0.25, 0.3) is 5.91 Å². The topological polar surface area (TPSA) is 69.7 Å². The summed E-state index contributed by atoms with van der Waals surface area (Å²) in [6.45, 7) is 0. The minimum absolute atomic E-state index is 0.0575. The van der Waals surface area contributed by atoms with E-state index in [9.17, 15) is 14.4 Å². The number of imide groups is 1. The van der Waals surface area contributed by atoms with Crippen molar-refractivity contribution in [1.29, 1.82) is 0 Å². The molecule has 6 heteroatoms. The van der Waals surface area contributed by atoms with Crippen LogP contribution >= 0.6 is 0 Å². The standard InChI is InChI=1S/C13H21N3O3/c1-15-10(12(18)16(2)13(15)19)8-11(17)14-9-6-4-3-5-7-9/h9-10H,3-8H2,1-2H3,(H,14,17)/t10-/m0/s1. The molecular formula is C13H21N3O3. The zero-order valence-corrected chi connectivity index (χ0v) is 11.5. The van der Waals surface area contributed by atoms with Crippen molar-refractivity contribution in [1.82, 2.24) is 15.1 Å². The van der Waals surface area contributed by atoms with Gasteiger partial charge in [-0.1, -0.05) is 19.3 Å². The Balaban J connectivity index is 1.88. The highest BCUT2D eigenvalue weighted by Crippen LogP contribution is 2.19. The number of nitrogens with one attached hydrogen (secondary N) is 1. The molecular weight excluding hydrogens is 246 g/mol. The van der Waals surface area contributed by atoms with Crippen LogP contribution in [0.1, 0.15) is 38.5 Å². The summed E-state index contributed by atoms with van der Waals surface area (Å²) in [5.41, 5.74) is 0. The molecule has 1 atom stereocenters. The van der Waals surface area contributed by atoms with Crippen molar-refractivity contribution in [3.8, 4) is 0 Å². The zero-order chi connectivity index (χ0) is 14.0. The van der Waals surface area contributed by atoms with Gasteiger partial charge in [-0.2, -0.15) is 0 Å². The molecule has 0 aromatic carbocycles. The molecule has 1 aliphatic carbocycles. The number of nitrogens with zero attached hydrogens (tertiary/aromatic N) is 2. The predicted molar refractivity (Wildman–Crippen MR) is 69.3 cm³/mol. The molecule has 2 rings (SSSR count). The largest absolute Gasteiger partial charge is 0.353 e. The minimum Gasteiger partial charge on any atom is -0.353 e. The number of hydrogen-bond acceptors (Lipinski definition) is 3. The first-order chi connectivity index (χ1) is 9.00. The SMILES string of the molecule is CN1C(=O)[C@H](CC(=O)NC2CCCCC2)N(C)C1=O. The van der Waals surface area contributed by atoms with Crippen LogP contribution in [-0.4, -0.2) is 53.8 Å². The van der Waals surface area contributed by atoms with Gasteiger partial charge in [0.15, 0.2) is 0 Å². The van der Waals surface area contributed by atoms with Crippen LogP contribution in [0.3, 0.4) is 0 Å². The molecule has 0 radical (unpaired) electrons. The van der Waals surface area contributed by atoms with Gasteiger partial charge in [0.1, 0.15) is 6.04 Å². The van der Waals surface area contributed by atoms with Gasteiger partial charge in [0.2, 0.25) is 5.91 Å². The van der Waals surface area contributed by atoms with E-state index >= 15 is 0 Å². The summed E-state index contributed by atoms with van der Waals surface area (Å²) in [4.78, 5) is 37.8. The van der Waals surface area contributed by atoms with Crippen molar-refractivity contribution in [2.75, 3.05) is 14.1 Å². The number of carbonyl (C=O) groups excluding carboxylic acids is 3. The van der Waals surface area contributed by atoms with Gasteiger partial charge in [-0.05, 0) is 12.8 Å². The molecule has 0 bridgehead atoms. The van der Waals surface area contributed by atoms with Crippen LogP contribution in [0.25, 0.3) is 0 Å². The summed E-state index contributed by atoms with van der Waals surface area (Å²) < 4.78 is 0. The Morgan fingerprint density at radius 1 is 1.21 bits per heavy atom. The Bertz CT molecular complexity index is 391. The van der Waals surface area contributed by atoms with Gasteiger partial charge in [0, 0.05) is 20.1 Å². The second kappa shape index (κ2) is 5.59. The van der Waals surface area contributed by atoms with Gasteiger partial charge in [-0.3, -0.25) is 14.5 Å². The summed E-state index contributed by atoms with van der Waals surface area (Å²) in [5, 5.41) is 2.97. The normalized spacial score (nSPS) is 25.1. The number of rotatable bonds is 3. The van der Waals surface area contributed by atoms with Crippen LogP contribution in [-0.2, 0) is 9.59 Å². The van der Waals surface area contributed by atoms with Gasteiger partial charge < -0.3 is 10.2 Å². The first-order valence-corrected chi connectivity index (χ1v) is 6.84. The van der Waals surface area contributed by atoms with E-state index < -0.39 is 6.04 Å². The molecule has 1 heterocycles. The molecule has 1 saturated heterocycles. The monoisotopic (exact) mass is 267 g/mol. The number of likely N-dealkylation sites (N-methyl/N-ethyl adjacent to an activating group) is 2. The molecule has 2 aliphatic rings. The second-order valence-electron chi connectivity index (χ2n) is 5.41. The van der Waals surface area contributed by atoms with Crippen LogP contribution in [0.5, 0.6) is 0 Å². The maximum Gasteiger partial charge on any atom is 0.326 e. The van der Waals surface area contributed by atoms with Crippen molar-refractivity contribution in [3.63, 3.8) is 0 Å². The molecule has 0 aromatic rings. The van der Waals surface area contributed by atoms with Crippen LogP contribution < -0.4 is 5.32 Å². The third-order valence-corrected chi connectivity index (χ3v) is 4.02. The quantitative estimate of drug-likeness (QED) is 0.766. The molecule has 0 spiro atoms. The van der Waals surface area contributed by atoms with Crippen molar-refractivity contribution in [2.45, 2.75) is 50.6 Å². The summed E-state index contributed by atoms with van der Waals surface area (Å²) in [7, 11) is 3.00. The van der Waals surface area contributed by atoms with E-state index in [1.54, 1.807) is 7.05 Å². The fraction of sp³-hybridized carbons (Fsp3) is 0.769. The fourth-order valence-electron chi connectivity index (χ4n) is 2.79. The molecule has 0 unspecified atom stereocenters. The lowest BCUT2D eigenvalue weighted by Gasteiger charge is -2.24. The number of amides is 4. The van der Waals surface area contributed by atoms with Gasteiger partial charge in [-0.25, -0.2) is 4.79 Å². The van der Waals surface area contributed by atoms with E-state index in [4.69, 9.17) is 0 Å². The number of hydrogen-bond donors (Lipinski definition) is 1. The third-order valence-electron chi connectivity index (χ3n) is 4.02. The predicted octanol–water partition coefficient (Wildman–Crippen LogP) is 0.718. The van der Waals surface area contributed by atoms with Crippen LogP contribution in [0.15, 0.2) is 0 Å². The lowest BCUT2D eigenvalue weighted by molar-refractivity contribution is -0.131. The molecule has 6 nitrogen and oxygen atoms in total. The van der Waals surface area contributed by atoms with Gasteiger partial charge in [-0.15, -0.1) is 0 Å². The molecule has 1 aliphatic heterocycles. The molecule has 106 valence electrons. The molecule has 4 amide bonds. The van der Waals surface area contributed by atoms with E-state index in [1.165, 1.54) is 18.4 Å². The highest BCUT2D eigenvalue weighted by molar-refractivity contribution is 6.05. The summed E-state index contributed by atoms with van der Waals surface area (Å²) >= 11 is 0. The van der Waals surface area contributed by atoms with Crippen molar-refractivity contribution in [3.05, 3.63) is 0 Å². The maximum atomic E-state index is 12.0. The Labute approximate surface area is 113 Å². The van der Waals surface area contributed by atoms with Gasteiger partial charge in [0.05, 0.1) is 6.42 Å². The Hall–Kier alpha value is -1.59. The highest BCUT2D eigenvalue weighted by Gasteiger charge is 2.41. The van der Waals surface area contributed by atoms with E-state index in [-0.39, 0.29) is 30.3 Å². The first kappa shape index (κ1) is 13.8. The lowest BCUT2D eigenvalue weighted by atomic mass is 9.95. The Kier molecular flexibility index (Phi) is 4.07. The Morgan fingerprint density at radius 3 is 2.37 bits per heavy atom. The molecule has 2 fully saturated rings. The summed E-state index contributed by atoms with van der Waals surface area (Å²) in [5.74, 6) is -0.438. The zero-order valence-electron chi connectivity index (χ0n) is 11.5. The third kappa shape index (κ3) is 2.88. The van der Waals surface area contributed by atoms with Crippen LogP contribution in [0.2, 0.25) is 0 Å². The maximum absolute atomic E-state index is 12.0. The smallest absolute Gasteiger partial charge is 0.326 e. The van der Waals surface area contributed by atoms with Crippen molar-refractivity contribution >= 4 is 17.8 Å². The molecule has 1 saturated carbocycles. The van der Waals surface area contributed by atoms with Gasteiger partial charge >= 0.3 is 6.03 Å². The van der Waals surface area contributed by atoms with Crippen molar-refractivity contribution < 1.29 is 14.4 Å². The molecule has 0 aromatic heterocycles. The van der Waals surface area contributed by atoms with E-state index in [2.05, 4.69) is 5.32 Å². The molecule has 19 heavy (non-hydrogen) atoms. The van der Waals surface area contributed by atoms with E-state index in [0.29, 0.717) is 0 Å². The van der Waals surface area contributed by atoms with Crippen LogP contribution in [0, 0.1) is 0 Å². The first-order valence-electron chi connectivity index (χ1n) is 6.84. The lowest BCUT2D eigenvalue weighted by Crippen LogP contribution is -2.41. The summed E-state index contributed by atoms with van der Waals surface area (Å²) in [6.07, 6.45) is 5.61. The molecule has 1 N–H and O–H groups in total. The Morgan fingerprint density at radius 2 is 1.84 bits per heavy atom. The van der Waals surface area contributed by atoms with E-state index in [0.717, 1.165) is 30.6 Å². The average Bonchev–Trinajstić information content (AvgIpc) is 2.58. The number of urea groups is 1.